The van der Waals surface area contributed by atoms with Crippen LogP contribution in [0.5, 0.6) is 0 Å². The molecule has 0 aliphatic heterocycles. The van der Waals surface area contributed by atoms with Gasteiger partial charge in [0, 0.05) is 0 Å². The van der Waals surface area contributed by atoms with Gasteiger partial charge in [-0.25, -0.2) is 4.39 Å². The van der Waals surface area contributed by atoms with Crippen LogP contribution in [0.4, 0.5) is 4.39 Å². The zero-order valence-corrected chi connectivity index (χ0v) is 6.10. The third-order valence-corrected chi connectivity index (χ3v) is 1.36. The second kappa shape index (κ2) is 3.15. The molecule has 0 saturated carbocycles. The molecule has 0 unspecified atom stereocenters. The van der Waals surface area contributed by atoms with E-state index in [1.165, 1.54) is 12.1 Å². The van der Waals surface area contributed by atoms with Gasteiger partial charge in [0.2, 0.25) is 0 Å². The molecular weight excluding hydrogens is 139 g/mol. The topological polar surface area (TPSA) is 0 Å². The maximum absolute atomic E-state index is 12.7. The zero-order chi connectivity index (χ0) is 8.27. The highest BCUT2D eigenvalue weighted by molar-refractivity contribution is 5.49. The molecule has 0 bridgehead atoms. The van der Waals surface area contributed by atoms with E-state index in [0.717, 1.165) is 5.56 Å². The van der Waals surface area contributed by atoms with Crippen LogP contribution in [-0.2, 0) is 0 Å². The highest BCUT2D eigenvalue weighted by atomic mass is 19.1. The fourth-order valence-electron chi connectivity index (χ4n) is 0.832. The average Bonchev–Trinajstić information content (AvgIpc) is 2.03. The van der Waals surface area contributed by atoms with Gasteiger partial charge in [0.15, 0.2) is 0 Å². The smallest absolute Gasteiger partial charge is 0.124 e. The van der Waals surface area contributed by atoms with Crippen molar-refractivity contribution in [3.63, 3.8) is 0 Å². The Labute approximate surface area is 65.7 Å². The number of benzene rings is 1. The molecule has 0 amide bonds. The largest absolute Gasteiger partial charge is 0.207 e. The molecule has 0 nitrogen and oxygen atoms in total. The van der Waals surface area contributed by atoms with Gasteiger partial charge in [0.1, 0.15) is 5.82 Å². The summed E-state index contributed by atoms with van der Waals surface area (Å²) in [6.07, 6.45) is 4.19. The third kappa shape index (κ3) is 1.77. The quantitative estimate of drug-likeness (QED) is 0.603. The van der Waals surface area contributed by atoms with E-state index in [4.69, 9.17) is 0 Å². The van der Waals surface area contributed by atoms with Gasteiger partial charge in [-0.3, -0.25) is 0 Å². The first-order valence-corrected chi connectivity index (χ1v) is 3.22. The fourth-order valence-corrected chi connectivity index (χ4v) is 0.832. The average molecular weight is 147 g/mol. The Hall–Kier alpha value is -1.37. The number of hydrogen-bond acceptors (Lipinski definition) is 0. The van der Waals surface area contributed by atoms with Crippen molar-refractivity contribution in [3.8, 4) is 0 Å². The van der Waals surface area contributed by atoms with Gasteiger partial charge in [-0.2, -0.15) is 0 Å². The Kier molecular flexibility index (Phi) is 2.21. The van der Waals surface area contributed by atoms with Crippen molar-refractivity contribution < 1.29 is 4.39 Å². The van der Waals surface area contributed by atoms with Crippen LogP contribution in [0.3, 0.4) is 0 Å². The molecule has 1 aromatic rings. The molecule has 55 valence electrons. The summed E-state index contributed by atoms with van der Waals surface area (Å²) in [5.41, 5.74) is 1.40. The molecule has 0 saturated heterocycles. The molecule has 0 N–H and O–H groups in total. The lowest BCUT2D eigenvalue weighted by Gasteiger charge is -1.96. The van der Waals surface area contributed by atoms with Crippen LogP contribution in [-0.4, -0.2) is 0 Å². The molecule has 0 aliphatic carbocycles. The minimum Gasteiger partial charge on any atom is -0.207 e. The van der Waals surface area contributed by atoms with Gasteiger partial charge in [-0.15, -0.1) is 0 Å². The van der Waals surface area contributed by atoms with E-state index < -0.39 is 0 Å². The lowest BCUT2D eigenvalue weighted by atomic mass is 10.1. The Morgan fingerprint density at radius 1 is 1.36 bits per heavy atom. The second-order valence-corrected chi connectivity index (χ2v) is 2.15. The molecule has 0 aromatic heterocycles. The van der Waals surface area contributed by atoms with Gasteiger partial charge in [0.25, 0.3) is 0 Å². The zero-order valence-electron chi connectivity index (χ0n) is 6.10. The molecule has 0 aliphatic rings. The normalized spacial score (nSPS) is 9.18. The molecule has 0 atom stereocenters. The molecule has 11 heavy (non-hydrogen) atoms. The second-order valence-electron chi connectivity index (χ2n) is 2.15. The van der Waals surface area contributed by atoms with Crippen molar-refractivity contribution in [2.75, 3.05) is 0 Å². The molecule has 0 spiro atoms. The molecule has 0 fully saturated rings. The highest BCUT2D eigenvalue weighted by Gasteiger charge is 1.94. The van der Waals surface area contributed by atoms with Crippen LogP contribution in [0.15, 0.2) is 31.4 Å². The van der Waals surface area contributed by atoms with E-state index in [0.29, 0.717) is 5.56 Å². The first kappa shape index (κ1) is 7.73. The highest BCUT2D eigenvalue weighted by Crippen LogP contribution is 2.09. The summed E-state index contributed by atoms with van der Waals surface area (Å²) < 4.78 is 12.7. The summed E-state index contributed by atoms with van der Waals surface area (Å²) in [5.74, 6) is -0.284. The molecule has 0 heterocycles. The molecule has 1 radical (unpaired) electrons. The van der Waals surface area contributed by atoms with Crippen LogP contribution in [0.25, 0.3) is 6.08 Å². The standard InChI is InChI=1S/C10H8F/c1-3-8-5-9(4-2)7-10(11)6-8/h3,5-7H,1-2H2. The number of rotatable bonds is 2. The SMILES string of the molecule is C=[C]c1cc(F)cc(C=C)c1. The molecular formula is C10H8F. The predicted octanol–water partition coefficient (Wildman–Crippen LogP) is 2.81. The van der Waals surface area contributed by atoms with E-state index >= 15 is 0 Å². The van der Waals surface area contributed by atoms with Crippen molar-refractivity contribution in [3.05, 3.63) is 54.4 Å². The lowest BCUT2D eigenvalue weighted by molar-refractivity contribution is 0.627. The van der Waals surface area contributed by atoms with E-state index in [1.807, 2.05) is 0 Å². The summed E-state index contributed by atoms with van der Waals surface area (Å²) in [5, 5.41) is 0. The molecule has 1 heteroatoms. The van der Waals surface area contributed by atoms with Crippen LogP contribution in [0.1, 0.15) is 11.1 Å². The summed E-state index contributed by atoms with van der Waals surface area (Å²) in [4.78, 5) is 0. The van der Waals surface area contributed by atoms with Gasteiger partial charge >= 0.3 is 0 Å². The number of halogens is 1. The lowest BCUT2D eigenvalue weighted by Crippen LogP contribution is -1.80. The van der Waals surface area contributed by atoms with Crippen molar-refractivity contribution >= 4 is 6.08 Å². The minimum absolute atomic E-state index is 0.284. The van der Waals surface area contributed by atoms with Crippen molar-refractivity contribution in [2.45, 2.75) is 0 Å². The number of hydrogen-bond donors (Lipinski definition) is 0. The van der Waals surface area contributed by atoms with E-state index in [1.54, 1.807) is 12.1 Å². The van der Waals surface area contributed by atoms with Crippen LogP contribution in [0, 0.1) is 11.9 Å². The van der Waals surface area contributed by atoms with Gasteiger partial charge in [-0.1, -0.05) is 19.2 Å². The van der Waals surface area contributed by atoms with E-state index in [9.17, 15) is 4.39 Å². The first-order chi connectivity index (χ1) is 5.26. The monoisotopic (exact) mass is 147 g/mol. The summed E-state index contributed by atoms with van der Waals surface area (Å²) in [6, 6.07) is 4.55. The third-order valence-electron chi connectivity index (χ3n) is 1.36. The van der Waals surface area contributed by atoms with E-state index in [-0.39, 0.29) is 5.82 Å². The summed E-state index contributed by atoms with van der Waals surface area (Å²) >= 11 is 0. The van der Waals surface area contributed by atoms with Gasteiger partial charge in [-0.05, 0) is 35.4 Å². The Morgan fingerprint density at radius 2 is 2.09 bits per heavy atom. The minimum atomic E-state index is -0.284. The van der Waals surface area contributed by atoms with Crippen molar-refractivity contribution in [2.24, 2.45) is 0 Å². The first-order valence-electron chi connectivity index (χ1n) is 3.22. The Balaban J connectivity index is 3.21. The fraction of sp³-hybridized carbons (Fsp3) is 0. The van der Waals surface area contributed by atoms with Crippen molar-refractivity contribution in [1.29, 1.82) is 0 Å². The van der Waals surface area contributed by atoms with Crippen LogP contribution < -0.4 is 0 Å². The van der Waals surface area contributed by atoms with E-state index in [2.05, 4.69) is 19.2 Å². The maximum Gasteiger partial charge on any atom is 0.124 e. The summed E-state index contributed by atoms with van der Waals surface area (Å²) in [6.45, 7) is 6.95. The molecule has 1 rings (SSSR count). The molecule has 1 aromatic carbocycles. The van der Waals surface area contributed by atoms with Crippen molar-refractivity contribution in [1.82, 2.24) is 0 Å². The maximum atomic E-state index is 12.7. The van der Waals surface area contributed by atoms with Gasteiger partial charge in [0.05, 0.1) is 0 Å². The van der Waals surface area contributed by atoms with Gasteiger partial charge < -0.3 is 0 Å². The Bertz CT molecular complexity index is 261. The van der Waals surface area contributed by atoms with Crippen LogP contribution >= 0.6 is 0 Å². The predicted molar refractivity (Wildman–Crippen MR) is 44.5 cm³/mol. The Morgan fingerprint density at radius 3 is 2.64 bits per heavy atom. The summed E-state index contributed by atoms with van der Waals surface area (Å²) in [7, 11) is 0. The van der Waals surface area contributed by atoms with Crippen LogP contribution in [0.2, 0.25) is 0 Å².